The van der Waals surface area contributed by atoms with Crippen LogP contribution in [0.1, 0.15) is 18.5 Å². The second-order valence-electron chi connectivity index (χ2n) is 7.27. The topological polar surface area (TPSA) is 59.2 Å². The van der Waals surface area contributed by atoms with Gasteiger partial charge in [0, 0.05) is 17.6 Å². The van der Waals surface area contributed by atoms with Crippen molar-refractivity contribution in [2.45, 2.75) is 25.4 Å². The molecule has 6 rings (SSSR count). The minimum atomic E-state index is 0.465. The van der Waals surface area contributed by atoms with Crippen molar-refractivity contribution in [3.05, 3.63) is 71.9 Å². The summed E-state index contributed by atoms with van der Waals surface area (Å²) < 4.78 is 2.12. The van der Waals surface area contributed by atoms with Crippen LogP contribution in [0.4, 0.5) is 5.95 Å². The summed E-state index contributed by atoms with van der Waals surface area (Å²) in [5, 5.41) is 12.2. The van der Waals surface area contributed by atoms with E-state index in [4.69, 9.17) is 4.98 Å². The Labute approximate surface area is 171 Å². The molecule has 29 heavy (non-hydrogen) atoms. The minimum absolute atomic E-state index is 0.465. The zero-order valence-corrected chi connectivity index (χ0v) is 16.5. The van der Waals surface area contributed by atoms with E-state index in [9.17, 15) is 0 Å². The van der Waals surface area contributed by atoms with Gasteiger partial charge in [-0.3, -0.25) is 4.98 Å². The lowest BCUT2D eigenvalue weighted by Gasteiger charge is -2.24. The number of hydrogen-bond acceptors (Lipinski definition) is 6. The Bertz CT molecular complexity index is 1290. The molecule has 0 radical (unpaired) electrons. The Morgan fingerprint density at radius 1 is 1.00 bits per heavy atom. The number of anilines is 1. The van der Waals surface area contributed by atoms with Crippen molar-refractivity contribution in [1.29, 1.82) is 0 Å². The van der Waals surface area contributed by atoms with E-state index in [0.29, 0.717) is 12.6 Å². The molecule has 4 heterocycles. The van der Waals surface area contributed by atoms with E-state index < -0.39 is 0 Å². The monoisotopic (exact) mass is 398 g/mol. The molecule has 0 spiro atoms. The molecular weight excluding hydrogens is 380 g/mol. The van der Waals surface area contributed by atoms with Gasteiger partial charge in [0.05, 0.1) is 22.6 Å². The number of aromatic nitrogens is 5. The van der Waals surface area contributed by atoms with Crippen LogP contribution in [0, 0.1) is 0 Å². The van der Waals surface area contributed by atoms with Gasteiger partial charge < -0.3 is 4.90 Å². The highest BCUT2D eigenvalue weighted by molar-refractivity contribution is 7.13. The molecular formula is C22H18N6S. The number of benzene rings is 1. The van der Waals surface area contributed by atoms with Gasteiger partial charge >= 0.3 is 0 Å². The number of rotatable bonds is 5. The number of hydrogen-bond donors (Lipinski definition) is 0. The van der Waals surface area contributed by atoms with Gasteiger partial charge in [0.25, 0.3) is 0 Å². The molecule has 142 valence electrons. The molecule has 1 aromatic carbocycles. The summed E-state index contributed by atoms with van der Waals surface area (Å²) in [4.78, 5) is 13.1. The van der Waals surface area contributed by atoms with Crippen LogP contribution in [0.5, 0.6) is 0 Å². The summed E-state index contributed by atoms with van der Waals surface area (Å²) in [5.74, 6) is 1.73. The molecule has 1 aliphatic carbocycles. The number of para-hydroxylation sites is 1. The Kier molecular flexibility index (Phi) is 3.80. The Morgan fingerprint density at radius 2 is 1.90 bits per heavy atom. The van der Waals surface area contributed by atoms with Crippen LogP contribution >= 0.6 is 11.3 Å². The van der Waals surface area contributed by atoms with Crippen molar-refractivity contribution in [3.8, 4) is 10.7 Å². The van der Waals surface area contributed by atoms with E-state index in [1.807, 2.05) is 42.6 Å². The molecule has 0 unspecified atom stereocenters. The zero-order valence-electron chi connectivity index (χ0n) is 15.6. The van der Waals surface area contributed by atoms with Crippen LogP contribution < -0.4 is 4.90 Å². The SMILES string of the molecule is c1ccc(CN(c2nc3ccccc3c3nnc(-c4cccs4)n23)C2CC2)nc1. The van der Waals surface area contributed by atoms with Gasteiger partial charge in [-0.05, 0) is 48.6 Å². The van der Waals surface area contributed by atoms with Gasteiger partial charge in [-0.1, -0.05) is 24.3 Å². The summed E-state index contributed by atoms with van der Waals surface area (Å²) in [6, 6.07) is 18.8. The molecule has 0 atom stereocenters. The van der Waals surface area contributed by atoms with Crippen LogP contribution in [-0.2, 0) is 6.54 Å². The maximum Gasteiger partial charge on any atom is 0.214 e. The second kappa shape index (κ2) is 6.63. The van der Waals surface area contributed by atoms with Crippen molar-refractivity contribution >= 4 is 33.8 Å². The minimum Gasteiger partial charge on any atom is -0.333 e. The van der Waals surface area contributed by atoms with Crippen molar-refractivity contribution in [3.63, 3.8) is 0 Å². The fourth-order valence-electron chi connectivity index (χ4n) is 3.74. The molecule has 1 fully saturated rings. The van der Waals surface area contributed by atoms with Gasteiger partial charge in [0.1, 0.15) is 0 Å². The summed E-state index contributed by atoms with van der Waals surface area (Å²) in [5.41, 5.74) is 2.82. The van der Waals surface area contributed by atoms with Gasteiger partial charge in [0.15, 0.2) is 11.5 Å². The second-order valence-corrected chi connectivity index (χ2v) is 8.22. The predicted molar refractivity (Wildman–Crippen MR) is 115 cm³/mol. The first-order valence-electron chi connectivity index (χ1n) is 9.73. The standard InChI is InChI=1S/C22H18N6S/c1-2-8-18-17(7-1)20-25-26-21(19-9-5-13-29-19)28(20)22(24-18)27(16-10-11-16)14-15-6-3-4-12-23-15/h1-9,12-13,16H,10-11,14H2. The van der Waals surface area contributed by atoms with Gasteiger partial charge in [-0.2, -0.15) is 0 Å². The summed E-state index contributed by atoms with van der Waals surface area (Å²) in [6.45, 7) is 0.716. The van der Waals surface area contributed by atoms with Crippen molar-refractivity contribution in [2.75, 3.05) is 4.90 Å². The lowest BCUT2D eigenvalue weighted by Crippen LogP contribution is -2.28. The Morgan fingerprint density at radius 3 is 2.69 bits per heavy atom. The molecule has 0 saturated heterocycles. The van der Waals surface area contributed by atoms with E-state index >= 15 is 0 Å². The normalized spacial score (nSPS) is 13.9. The third-order valence-corrected chi connectivity index (χ3v) is 6.14. The zero-order chi connectivity index (χ0) is 19.2. The predicted octanol–water partition coefficient (Wildman–Crippen LogP) is 4.57. The maximum absolute atomic E-state index is 5.09. The van der Waals surface area contributed by atoms with E-state index in [1.54, 1.807) is 11.3 Å². The highest BCUT2D eigenvalue weighted by Gasteiger charge is 2.33. The molecule has 1 saturated carbocycles. The molecule has 7 heteroatoms. The van der Waals surface area contributed by atoms with Gasteiger partial charge in [0.2, 0.25) is 5.95 Å². The third kappa shape index (κ3) is 2.86. The van der Waals surface area contributed by atoms with E-state index in [-0.39, 0.29) is 0 Å². The van der Waals surface area contributed by atoms with E-state index in [1.165, 1.54) is 12.8 Å². The smallest absolute Gasteiger partial charge is 0.214 e. The first-order valence-corrected chi connectivity index (χ1v) is 10.6. The van der Waals surface area contributed by atoms with Gasteiger partial charge in [-0.15, -0.1) is 21.5 Å². The average Bonchev–Trinajstić information content (AvgIpc) is 3.27. The molecule has 0 bridgehead atoms. The molecule has 0 aliphatic heterocycles. The van der Waals surface area contributed by atoms with E-state index in [2.05, 4.69) is 48.1 Å². The largest absolute Gasteiger partial charge is 0.333 e. The van der Waals surface area contributed by atoms with Crippen LogP contribution in [0.3, 0.4) is 0 Å². The van der Waals surface area contributed by atoms with Gasteiger partial charge in [-0.25, -0.2) is 9.38 Å². The lowest BCUT2D eigenvalue weighted by molar-refractivity contribution is 0.739. The molecule has 6 nitrogen and oxygen atoms in total. The molecule has 0 amide bonds. The van der Waals surface area contributed by atoms with E-state index in [0.717, 1.165) is 38.9 Å². The van der Waals surface area contributed by atoms with Crippen LogP contribution in [0.15, 0.2) is 66.2 Å². The highest BCUT2D eigenvalue weighted by atomic mass is 32.1. The molecule has 5 aromatic rings. The van der Waals surface area contributed by atoms with Crippen molar-refractivity contribution < 1.29 is 0 Å². The lowest BCUT2D eigenvalue weighted by atomic mass is 10.2. The fraction of sp³-hybridized carbons (Fsp3) is 0.182. The number of thiophene rings is 1. The highest BCUT2D eigenvalue weighted by Crippen LogP contribution is 2.36. The first-order chi connectivity index (χ1) is 14.4. The Hall–Kier alpha value is -3.32. The van der Waals surface area contributed by atoms with Crippen molar-refractivity contribution in [2.24, 2.45) is 0 Å². The number of nitrogens with zero attached hydrogens (tertiary/aromatic N) is 6. The summed E-state index contributed by atoms with van der Waals surface area (Å²) in [6.07, 6.45) is 4.18. The quantitative estimate of drug-likeness (QED) is 0.434. The summed E-state index contributed by atoms with van der Waals surface area (Å²) >= 11 is 1.67. The molecule has 4 aromatic heterocycles. The van der Waals surface area contributed by atoms with Crippen molar-refractivity contribution in [1.82, 2.24) is 24.6 Å². The van der Waals surface area contributed by atoms with Crippen LogP contribution in [0.25, 0.3) is 27.3 Å². The number of fused-ring (bicyclic) bond motifs is 3. The van der Waals surface area contributed by atoms with Crippen LogP contribution in [0.2, 0.25) is 0 Å². The first kappa shape index (κ1) is 16.6. The number of pyridine rings is 1. The Balaban J connectivity index is 1.61. The summed E-state index contributed by atoms with van der Waals surface area (Å²) in [7, 11) is 0. The third-order valence-electron chi connectivity index (χ3n) is 5.27. The average molecular weight is 398 g/mol. The molecule has 1 aliphatic rings. The fourth-order valence-corrected chi connectivity index (χ4v) is 4.44. The maximum atomic E-state index is 5.09. The molecule has 0 N–H and O–H groups in total. The van der Waals surface area contributed by atoms with Crippen LogP contribution in [-0.4, -0.2) is 30.6 Å².